The Hall–Kier alpha value is -2.41. The number of carbonyl (C=O) groups excluding carboxylic acids is 1. The molecular formula is C30H34Cl2N4O2. The standard InChI is InChI=1S/C30H34Cl2N4O2/c1-36(2)14-16-3-9-20(10-4-16)33-28-22(15-37)26(18-7-8-18)34-25-13-21(17-5-6-17)27(35-29(25)28)19-11-23(31)30(38)24(32)12-19/h11-13,15-18,20,38H,3-10,14H2,1-2H3,(H,33,34). The highest BCUT2D eigenvalue weighted by Gasteiger charge is 2.33. The second kappa shape index (κ2) is 10.3. The number of aromatic hydroxyl groups is 1. The van der Waals surface area contributed by atoms with Gasteiger partial charge in [0.2, 0.25) is 0 Å². The molecule has 0 bridgehead atoms. The monoisotopic (exact) mass is 552 g/mol. The molecular weight excluding hydrogens is 519 g/mol. The third-order valence-electron chi connectivity index (χ3n) is 8.26. The van der Waals surface area contributed by atoms with Crippen molar-refractivity contribution >= 4 is 46.2 Å². The van der Waals surface area contributed by atoms with Crippen molar-refractivity contribution in [2.45, 2.75) is 69.2 Å². The van der Waals surface area contributed by atoms with E-state index in [-0.39, 0.29) is 21.8 Å². The van der Waals surface area contributed by atoms with Gasteiger partial charge in [-0.25, -0.2) is 9.97 Å². The molecule has 3 aromatic rings. The van der Waals surface area contributed by atoms with Gasteiger partial charge in [0.15, 0.2) is 12.0 Å². The summed E-state index contributed by atoms with van der Waals surface area (Å²) in [6, 6.07) is 5.88. The zero-order chi connectivity index (χ0) is 26.6. The largest absolute Gasteiger partial charge is 0.505 e. The van der Waals surface area contributed by atoms with Gasteiger partial charge < -0.3 is 15.3 Å². The Morgan fingerprint density at radius 1 is 0.974 bits per heavy atom. The maximum absolute atomic E-state index is 12.5. The van der Waals surface area contributed by atoms with E-state index in [9.17, 15) is 9.90 Å². The summed E-state index contributed by atoms with van der Waals surface area (Å²) in [6.45, 7) is 1.11. The van der Waals surface area contributed by atoms with Crippen molar-refractivity contribution in [3.8, 4) is 17.0 Å². The highest BCUT2D eigenvalue weighted by atomic mass is 35.5. The van der Waals surface area contributed by atoms with Crippen molar-refractivity contribution in [3.05, 3.63) is 45.1 Å². The molecule has 2 aromatic heterocycles. The van der Waals surface area contributed by atoms with E-state index in [4.69, 9.17) is 33.2 Å². The van der Waals surface area contributed by atoms with E-state index in [2.05, 4.69) is 30.4 Å². The van der Waals surface area contributed by atoms with Crippen molar-refractivity contribution < 1.29 is 9.90 Å². The Morgan fingerprint density at radius 3 is 2.21 bits per heavy atom. The second-order valence-corrected chi connectivity index (χ2v) is 12.5. The molecule has 8 heteroatoms. The molecule has 1 aromatic carbocycles. The zero-order valence-electron chi connectivity index (χ0n) is 21.9. The van der Waals surface area contributed by atoms with Crippen LogP contribution >= 0.6 is 23.2 Å². The van der Waals surface area contributed by atoms with E-state index >= 15 is 0 Å². The number of halogens is 2. The highest BCUT2D eigenvalue weighted by Crippen LogP contribution is 2.48. The smallest absolute Gasteiger partial charge is 0.154 e. The number of aldehydes is 1. The fourth-order valence-corrected chi connectivity index (χ4v) is 6.50. The Bertz CT molecular complexity index is 1370. The maximum atomic E-state index is 12.5. The molecule has 2 heterocycles. The summed E-state index contributed by atoms with van der Waals surface area (Å²) in [4.78, 5) is 25.0. The lowest BCUT2D eigenvalue weighted by Gasteiger charge is -2.32. The summed E-state index contributed by atoms with van der Waals surface area (Å²) in [5, 5.41) is 14.3. The summed E-state index contributed by atoms with van der Waals surface area (Å²) in [7, 11) is 4.27. The van der Waals surface area contributed by atoms with E-state index in [1.807, 2.05) is 0 Å². The first-order chi connectivity index (χ1) is 18.3. The molecule has 3 fully saturated rings. The molecule has 2 N–H and O–H groups in total. The van der Waals surface area contributed by atoms with E-state index in [0.717, 1.165) is 85.1 Å². The fraction of sp³-hybridized carbons (Fsp3) is 0.500. The third-order valence-corrected chi connectivity index (χ3v) is 8.84. The number of fused-ring (bicyclic) bond motifs is 1. The molecule has 0 aliphatic heterocycles. The molecule has 3 saturated carbocycles. The normalized spacial score (nSPS) is 21.7. The minimum Gasteiger partial charge on any atom is -0.505 e. The molecule has 3 aliphatic rings. The average molecular weight is 554 g/mol. The van der Waals surface area contributed by atoms with Crippen LogP contribution in [0, 0.1) is 5.92 Å². The van der Waals surface area contributed by atoms with Crippen LogP contribution in [0.1, 0.15) is 84.8 Å². The first-order valence-electron chi connectivity index (χ1n) is 13.8. The fourth-order valence-electron chi connectivity index (χ4n) is 6.01. The van der Waals surface area contributed by atoms with Gasteiger partial charge in [0.1, 0.15) is 5.52 Å². The van der Waals surface area contributed by atoms with E-state index < -0.39 is 0 Å². The van der Waals surface area contributed by atoms with Crippen LogP contribution in [0.15, 0.2) is 18.2 Å². The van der Waals surface area contributed by atoms with Crippen LogP contribution in [0.2, 0.25) is 10.0 Å². The molecule has 0 atom stereocenters. The SMILES string of the molecule is CN(C)CC1CCC(Nc2c(C=O)c(C3CC3)nc3cc(C4CC4)c(-c4cc(Cl)c(O)c(Cl)c4)nc23)CC1. The molecule has 0 unspecified atom stereocenters. The van der Waals surface area contributed by atoms with Crippen molar-refractivity contribution in [1.29, 1.82) is 0 Å². The highest BCUT2D eigenvalue weighted by molar-refractivity contribution is 6.37. The molecule has 0 amide bonds. The van der Waals surface area contributed by atoms with Gasteiger partial charge in [-0.2, -0.15) is 0 Å². The Morgan fingerprint density at radius 2 is 1.63 bits per heavy atom. The topological polar surface area (TPSA) is 78.4 Å². The number of hydrogen-bond donors (Lipinski definition) is 2. The average Bonchev–Trinajstić information content (AvgIpc) is 3.80. The number of pyridine rings is 2. The van der Waals surface area contributed by atoms with Crippen LogP contribution in [0.4, 0.5) is 5.69 Å². The first-order valence-corrected chi connectivity index (χ1v) is 14.5. The van der Waals surface area contributed by atoms with Gasteiger partial charge in [0, 0.05) is 24.1 Å². The van der Waals surface area contributed by atoms with Crippen molar-refractivity contribution in [2.24, 2.45) is 5.92 Å². The van der Waals surface area contributed by atoms with Crippen LogP contribution in [-0.2, 0) is 0 Å². The number of phenols is 1. The number of benzene rings is 1. The van der Waals surface area contributed by atoms with Crippen LogP contribution in [0.3, 0.4) is 0 Å². The minimum absolute atomic E-state index is 0.128. The van der Waals surface area contributed by atoms with Gasteiger partial charge in [0.05, 0.1) is 38.2 Å². The molecule has 6 rings (SSSR count). The lowest BCUT2D eigenvalue weighted by Crippen LogP contribution is -2.31. The molecule has 0 saturated heterocycles. The number of anilines is 1. The van der Waals surface area contributed by atoms with Gasteiger partial charge >= 0.3 is 0 Å². The Labute approximate surface area is 233 Å². The predicted octanol–water partition coefficient (Wildman–Crippen LogP) is 7.41. The van der Waals surface area contributed by atoms with Crippen molar-refractivity contribution in [2.75, 3.05) is 26.0 Å². The summed E-state index contributed by atoms with van der Waals surface area (Å²) in [5.74, 6) is 1.33. The van der Waals surface area contributed by atoms with Crippen LogP contribution in [0.25, 0.3) is 22.3 Å². The van der Waals surface area contributed by atoms with Crippen LogP contribution in [0.5, 0.6) is 5.75 Å². The third kappa shape index (κ3) is 5.11. The van der Waals surface area contributed by atoms with Gasteiger partial charge in [-0.15, -0.1) is 0 Å². The van der Waals surface area contributed by atoms with E-state index in [1.54, 1.807) is 12.1 Å². The molecule has 3 aliphatic carbocycles. The number of aromatic nitrogens is 2. The maximum Gasteiger partial charge on any atom is 0.154 e. The van der Waals surface area contributed by atoms with Crippen LogP contribution in [-0.4, -0.2) is 52.9 Å². The Kier molecular flexibility index (Phi) is 7.00. The summed E-state index contributed by atoms with van der Waals surface area (Å²) < 4.78 is 0. The molecule has 38 heavy (non-hydrogen) atoms. The molecule has 0 radical (unpaired) electrons. The summed E-state index contributed by atoms with van der Waals surface area (Å²) >= 11 is 12.6. The number of hydrogen-bond acceptors (Lipinski definition) is 6. The van der Waals surface area contributed by atoms with Gasteiger partial charge in [-0.1, -0.05) is 23.2 Å². The zero-order valence-corrected chi connectivity index (χ0v) is 23.4. The molecule has 6 nitrogen and oxygen atoms in total. The van der Waals surface area contributed by atoms with Gasteiger partial charge in [0.25, 0.3) is 0 Å². The molecule has 0 spiro atoms. The van der Waals surface area contributed by atoms with E-state index in [0.29, 0.717) is 28.8 Å². The number of carbonyl (C=O) groups is 1. The lowest BCUT2D eigenvalue weighted by atomic mass is 9.85. The number of nitrogens with zero attached hydrogens (tertiary/aromatic N) is 3. The lowest BCUT2D eigenvalue weighted by molar-refractivity contribution is 0.112. The number of rotatable bonds is 8. The molecule has 200 valence electrons. The first kappa shape index (κ1) is 25.8. The minimum atomic E-state index is -0.128. The number of phenolic OH excluding ortho intramolecular Hbond substituents is 1. The van der Waals surface area contributed by atoms with Crippen LogP contribution < -0.4 is 5.32 Å². The second-order valence-electron chi connectivity index (χ2n) is 11.7. The number of nitrogens with one attached hydrogen (secondary N) is 1. The summed E-state index contributed by atoms with van der Waals surface area (Å²) in [6.07, 6.45) is 9.76. The van der Waals surface area contributed by atoms with Gasteiger partial charge in [-0.3, -0.25) is 4.79 Å². The quantitative estimate of drug-likeness (QED) is 0.283. The predicted molar refractivity (Wildman–Crippen MR) is 154 cm³/mol. The van der Waals surface area contributed by atoms with Crippen molar-refractivity contribution in [3.63, 3.8) is 0 Å². The van der Waals surface area contributed by atoms with Crippen molar-refractivity contribution in [1.82, 2.24) is 14.9 Å². The Balaban J connectivity index is 1.46. The van der Waals surface area contributed by atoms with E-state index in [1.165, 1.54) is 12.8 Å². The van der Waals surface area contributed by atoms with Gasteiger partial charge in [-0.05, 0) is 101 Å². The summed E-state index contributed by atoms with van der Waals surface area (Å²) in [5.41, 5.74) is 6.59.